The van der Waals surface area contributed by atoms with Crippen molar-refractivity contribution in [1.82, 2.24) is 10.6 Å². The van der Waals surface area contributed by atoms with E-state index < -0.39 is 72.2 Å². The Morgan fingerprint density at radius 1 is 0.330 bits per heavy atom. The van der Waals surface area contributed by atoms with E-state index in [1.54, 1.807) is 34.6 Å². The van der Waals surface area contributed by atoms with Crippen LogP contribution in [-0.4, -0.2) is 109 Å². The minimum Gasteiger partial charge on any atom is -0.506 e. The summed E-state index contributed by atoms with van der Waals surface area (Å²) < 4.78 is 34.5. The number of amides is 2. The van der Waals surface area contributed by atoms with Crippen molar-refractivity contribution in [2.75, 3.05) is 33.0 Å². The number of phenolic OH excluding ortho intramolecular Hbond substituents is 5. The van der Waals surface area contributed by atoms with Gasteiger partial charge in [0.1, 0.15) is 42.0 Å². The average Bonchev–Trinajstić information content (AvgIpc) is 0.827. The number of alkyl carbamates (subject to hydrolysis) is 2. The summed E-state index contributed by atoms with van der Waals surface area (Å²) in [5.74, 6) is -3.45. The third kappa shape index (κ3) is 33.6. The lowest BCUT2D eigenvalue weighted by atomic mass is 10.0. The second-order valence-corrected chi connectivity index (χ2v) is 25.7. The number of phenols is 5. The molecule has 0 bridgehead atoms. The molecule has 106 heavy (non-hydrogen) atoms. The van der Waals surface area contributed by atoms with E-state index in [9.17, 15) is 59.1 Å². The first-order valence-electron chi connectivity index (χ1n) is 31.6. The Hall–Kier alpha value is -7.73. The van der Waals surface area contributed by atoms with Crippen molar-refractivity contribution in [1.29, 1.82) is 0 Å². The predicted molar refractivity (Wildman–Crippen MR) is 408 cm³/mol. The second-order valence-electron chi connectivity index (χ2n) is 21.5. The van der Waals surface area contributed by atoms with Gasteiger partial charge in [-0.25, -0.2) is 9.59 Å². The number of ether oxygens (including phenoxy) is 7. The molecule has 573 valence electrons. The minimum absolute atomic E-state index is 0. The Labute approximate surface area is 664 Å². The van der Waals surface area contributed by atoms with E-state index in [1.807, 2.05) is 60.7 Å². The van der Waals surface area contributed by atoms with Gasteiger partial charge >= 0.3 is 42.0 Å². The van der Waals surface area contributed by atoms with Crippen molar-refractivity contribution in [3.63, 3.8) is 0 Å². The molecule has 7 rings (SSSR count). The Bertz CT molecular complexity index is 3710. The number of hydrogen-bond donors (Lipinski definition) is 10. The lowest BCUT2D eigenvalue weighted by molar-refractivity contribution is -0.144. The van der Waals surface area contributed by atoms with Crippen LogP contribution >= 0.6 is 116 Å². The molecule has 0 saturated heterocycles. The summed E-state index contributed by atoms with van der Waals surface area (Å²) in [5.41, 5.74) is 20.3. The molecule has 0 spiro atoms. The Morgan fingerprint density at radius 2 is 0.538 bits per heavy atom. The lowest BCUT2D eigenvalue weighted by Gasteiger charge is -2.20. The van der Waals surface area contributed by atoms with E-state index >= 15 is 0 Å². The van der Waals surface area contributed by atoms with Gasteiger partial charge in [-0.3, -0.25) is 24.0 Å². The molecule has 2 amide bonds. The molecule has 0 saturated carbocycles. The van der Waals surface area contributed by atoms with Gasteiger partial charge in [-0.15, -0.1) is 0 Å². The molecule has 0 aliphatic carbocycles. The van der Waals surface area contributed by atoms with Crippen LogP contribution in [0.1, 0.15) is 136 Å². The van der Waals surface area contributed by atoms with Crippen LogP contribution in [-0.2, 0) is 70.3 Å². The van der Waals surface area contributed by atoms with Crippen LogP contribution in [0.3, 0.4) is 0 Å². The van der Waals surface area contributed by atoms with Crippen molar-refractivity contribution >= 4 is 166 Å². The monoisotopic (exact) mass is 1660 g/mol. The first-order chi connectivity index (χ1) is 49.7. The molecule has 0 aliphatic heterocycles. The van der Waals surface area contributed by atoms with Crippen molar-refractivity contribution in [3.05, 3.63) is 210 Å². The van der Waals surface area contributed by atoms with Gasteiger partial charge in [-0.1, -0.05) is 177 Å². The summed E-state index contributed by atoms with van der Waals surface area (Å²) in [6.07, 6.45) is -2.10. The van der Waals surface area contributed by atoms with Crippen LogP contribution in [0.5, 0.6) is 28.7 Å². The largest absolute Gasteiger partial charge is 0.506 e. The molecule has 13 N–H and O–H groups in total. The number of aromatic hydroxyl groups is 5. The van der Waals surface area contributed by atoms with Gasteiger partial charge in [0, 0.05) is 79.5 Å². The highest BCUT2D eigenvalue weighted by Crippen LogP contribution is 2.40. The first kappa shape index (κ1) is 94.4. The fourth-order valence-electron chi connectivity index (χ4n) is 8.90. The number of halogens is 10. The maximum absolute atomic E-state index is 12.2. The number of hydrogen-bond acceptors (Lipinski definition) is 22. The van der Waals surface area contributed by atoms with E-state index in [0.717, 1.165) is 11.1 Å². The van der Waals surface area contributed by atoms with Crippen molar-refractivity contribution in [2.45, 2.75) is 110 Å². The number of rotatable bonds is 26. The summed E-state index contributed by atoms with van der Waals surface area (Å²) in [4.78, 5) is 82.0. The van der Waals surface area contributed by atoms with Crippen LogP contribution in [0.25, 0.3) is 0 Å². The molecule has 3 radical (unpaired) electrons. The van der Waals surface area contributed by atoms with Gasteiger partial charge in [0.2, 0.25) is 0 Å². The highest BCUT2D eigenvalue weighted by molar-refractivity contribution is 6.38. The Balaban J connectivity index is 0.000000457. The first-order valence-corrected chi connectivity index (χ1v) is 35.3. The zero-order valence-corrected chi connectivity index (χ0v) is 65.0. The van der Waals surface area contributed by atoms with Crippen LogP contribution in [0, 0.1) is 0 Å². The van der Waals surface area contributed by atoms with Crippen molar-refractivity contribution in [3.8, 4) is 28.7 Å². The molecule has 24 nitrogen and oxygen atoms in total. The van der Waals surface area contributed by atoms with Crippen LogP contribution in [0.15, 0.2) is 121 Å². The Morgan fingerprint density at radius 3 is 0.764 bits per heavy atom. The number of nitrogens with one attached hydrogen (secondary N) is 2. The van der Waals surface area contributed by atoms with E-state index in [2.05, 4.69) is 10.6 Å². The van der Waals surface area contributed by atoms with Crippen LogP contribution in [0.4, 0.5) is 9.59 Å². The second kappa shape index (κ2) is 49.3. The number of carbonyl (C=O) groups is 7. The molecule has 7 aromatic rings. The van der Waals surface area contributed by atoms with Crippen molar-refractivity contribution < 1.29 is 92.3 Å². The smallest absolute Gasteiger partial charge is 0.407 e. The molecular formula is C71H77BCl10N5O19. The molecule has 0 fully saturated rings. The third-order valence-corrected chi connectivity index (χ3v) is 16.2. The van der Waals surface area contributed by atoms with E-state index in [4.69, 9.17) is 166 Å². The van der Waals surface area contributed by atoms with Gasteiger partial charge in [0.15, 0.2) is 0 Å². The minimum atomic E-state index is -0.927. The topological polar surface area (TPSA) is 387 Å². The molecule has 0 heterocycles. The number of esters is 5. The van der Waals surface area contributed by atoms with E-state index in [1.165, 1.54) is 60.7 Å². The van der Waals surface area contributed by atoms with Gasteiger partial charge in [0.05, 0.1) is 102 Å². The summed E-state index contributed by atoms with van der Waals surface area (Å²) in [6.45, 7) is 9.80. The van der Waals surface area contributed by atoms with Crippen LogP contribution < -0.4 is 27.8 Å². The SMILES string of the molecule is CCOC(=O)CC(N)c1cc(Cl)cc(Cl)c1O.CCOC(=O)C[C@@H](N)c1cc(Cl)cc(Cl)c1O.CCOC(=O)C[C@@H](NC(=O)OCc1ccccc1)c1cc(Cl)cc(Cl)c1O.CCOC(=O)C[C@H](N)c1cc(Cl)cc(Cl)c1O.CCOC(=O)C[C@H](NC(=O)OCc1ccccc1)c1cc(Cl)cc(Cl)c1O.[B]. The van der Waals surface area contributed by atoms with E-state index in [-0.39, 0.29) is 162 Å². The standard InChI is InChI=1S/2C19H19Cl2NO5.3C11H13Cl2NO3.B/c2*1-2-26-17(23)10-16(14-8-13(20)9-15(21)18(14)24)22-19(25)27-11-12-6-4-3-5-7-12;3*1-2-17-10(15)5-9(14)7-3-6(12)4-8(13)11(7)16;/h2*3-9,16,24H,2,10-11H2,1H3,(H,22,25);3*3-4,9,16H,2,5,14H2,1H3;/t2*16-;2*9-;;/m1010../s1. The summed E-state index contributed by atoms with van der Waals surface area (Å²) in [7, 11) is 0. The van der Waals surface area contributed by atoms with Crippen LogP contribution in [0.2, 0.25) is 50.2 Å². The zero-order valence-electron chi connectivity index (χ0n) is 57.5. The van der Waals surface area contributed by atoms with Gasteiger partial charge in [0.25, 0.3) is 0 Å². The van der Waals surface area contributed by atoms with Gasteiger partial charge < -0.3 is 86.5 Å². The molecule has 0 aliphatic rings. The zero-order chi connectivity index (χ0) is 78.6. The number of benzene rings is 7. The molecule has 35 heteroatoms. The van der Waals surface area contributed by atoms with Crippen molar-refractivity contribution in [2.24, 2.45) is 17.2 Å². The maximum Gasteiger partial charge on any atom is 0.407 e. The number of carbonyl (C=O) groups excluding carboxylic acids is 7. The summed E-state index contributed by atoms with van der Waals surface area (Å²) >= 11 is 58.5. The highest BCUT2D eigenvalue weighted by atomic mass is 35.5. The molecule has 1 unspecified atom stereocenters. The lowest BCUT2D eigenvalue weighted by Crippen LogP contribution is -2.31. The predicted octanol–water partition coefficient (Wildman–Crippen LogP) is 16.8. The maximum atomic E-state index is 12.2. The quantitative estimate of drug-likeness (QED) is 0.0137. The normalized spacial score (nSPS) is 11.8. The fraction of sp³-hybridized carbons (Fsp3) is 0.310. The van der Waals surface area contributed by atoms with E-state index in [0.29, 0.717) is 31.8 Å². The summed E-state index contributed by atoms with van der Waals surface area (Å²) in [6, 6.07) is 28.5. The summed E-state index contributed by atoms with van der Waals surface area (Å²) in [5, 5.41) is 56.5. The van der Waals surface area contributed by atoms with Gasteiger partial charge in [-0.2, -0.15) is 0 Å². The molecular weight excluding hydrogens is 1590 g/mol. The average molecular weight is 1670 g/mol. The number of nitrogens with two attached hydrogens (primary N) is 3. The fourth-order valence-corrected chi connectivity index (χ4v) is 11.4. The van der Waals surface area contributed by atoms with Gasteiger partial charge in [-0.05, 0) is 106 Å². The molecule has 5 atom stereocenters. The Kier molecular flexibility index (Phi) is 43.9. The third-order valence-electron chi connectivity index (χ3n) is 13.7. The molecule has 0 aromatic heterocycles. The highest BCUT2D eigenvalue weighted by Gasteiger charge is 2.28. The molecule has 7 aromatic carbocycles.